The van der Waals surface area contributed by atoms with Crippen molar-refractivity contribution in [2.75, 3.05) is 6.61 Å². The molecular weight excluding hydrogens is 280 g/mol. The topological polar surface area (TPSA) is 84.1 Å². The van der Waals surface area contributed by atoms with Gasteiger partial charge < -0.3 is 10.2 Å². The lowest BCUT2D eigenvalue weighted by molar-refractivity contribution is 0.299. The Morgan fingerprint density at radius 2 is 2.05 bits per heavy atom. The van der Waals surface area contributed by atoms with Crippen molar-refractivity contribution in [3.8, 4) is 11.4 Å². The summed E-state index contributed by atoms with van der Waals surface area (Å²) in [5, 5.41) is 28.4. The molecule has 0 amide bonds. The van der Waals surface area contributed by atoms with Crippen LogP contribution in [0.3, 0.4) is 0 Å². The van der Waals surface area contributed by atoms with Gasteiger partial charge >= 0.3 is 0 Å². The highest BCUT2D eigenvalue weighted by molar-refractivity contribution is 5.69. The molecule has 0 aliphatic heterocycles. The fourth-order valence-electron chi connectivity index (χ4n) is 2.43. The monoisotopic (exact) mass is 298 g/mol. The van der Waals surface area contributed by atoms with Crippen molar-refractivity contribution in [1.29, 1.82) is 0 Å². The molecule has 0 unspecified atom stereocenters. The summed E-state index contributed by atoms with van der Waals surface area (Å²) in [5.41, 5.74) is 3.46. The van der Waals surface area contributed by atoms with Crippen LogP contribution in [0, 0.1) is 0 Å². The predicted molar refractivity (Wildman–Crippen MR) is 83.2 cm³/mol. The quantitative estimate of drug-likeness (QED) is 0.771. The minimum absolute atomic E-state index is 0.0534. The van der Waals surface area contributed by atoms with E-state index in [1.807, 2.05) is 26.0 Å². The molecule has 0 aliphatic carbocycles. The van der Waals surface area contributed by atoms with Crippen LogP contribution in [-0.2, 0) is 6.42 Å². The van der Waals surface area contributed by atoms with Crippen LogP contribution in [0.15, 0.2) is 30.5 Å². The van der Waals surface area contributed by atoms with Crippen LogP contribution in [0.4, 0.5) is 0 Å². The Morgan fingerprint density at radius 1 is 1.23 bits per heavy atom. The van der Waals surface area contributed by atoms with Gasteiger partial charge in [-0.2, -0.15) is 0 Å². The largest absolute Gasteiger partial charge is 0.505 e. The summed E-state index contributed by atoms with van der Waals surface area (Å²) in [6.07, 6.45) is 2.18. The Kier molecular flexibility index (Phi) is 3.77. The van der Waals surface area contributed by atoms with Crippen LogP contribution in [0.5, 0.6) is 5.75 Å². The van der Waals surface area contributed by atoms with Gasteiger partial charge in [0.05, 0.1) is 0 Å². The number of rotatable bonds is 4. The van der Waals surface area contributed by atoms with Crippen LogP contribution in [0.2, 0.25) is 0 Å². The minimum atomic E-state index is 0.0534. The Hall–Kier alpha value is -2.47. The standard InChI is InChI=1S/C16H18N4O2/c1-10(2)12-8-11(5-7-21)9-14(15(12)22)20-18-13-4-3-6-17-16(13)19-20/h3-4,6,8-10,21-22H,5,7H2,1-2H3. The van der Waals surface area contributed by atoms with Crippen LogP contribution < -0.4 is 0 Å². The normalized spacial score (nSPS) is 11.5. The zero-order valence-electron chi connectivity index (χ0n) is 12.6. The van der Waals surface area contributed by atoms with Gasteiger partial charge in [-0.25, -0.2) is 4.98 Å². The third-order valence-corrected chi connectivity index (χ3v) is 3.58. The second-order valence-electron chi connectivity index (χ2n) is 5.52. The highest BCUT2D eigenvalue weighted by Gasteiger charge is 2.16. The third kappa shape index (κ3) is 2.53. The van der Waals surface area contributed by atoms with Crippen molar-refractivity contribution in [2.45, 2.75) is 26.2 Å². The third-order valence-electron chi connectivity index (χ3n) is 3.58. The number of nitrogens with zero attached hydrogens (tertiary/aromatic N) is 4. The lowest BCUT2D eigenvalue weighted by Gasteiger charge is -2.14. The number of phenolic OH excluding ortho intramolecular Hbond substituents is 1. The van der Waals surface area contributed by atoms with E-state index in [1.54, 1.807) is 18.3 Å². The second-order valence-corrected chi connectivity index (χ2v) is 5.52. The first kappa shape index (κ1) is 14.5. The lowest BCUT2D eigenvalue weighted by atomic mass is 9.97. The number of hydrogen-bond acceptors (Lipinski definition) is 5. The molecular formula is C16H18N4O2. The lowest BCUT2D eigenvalue weighted by Crippen LogP contribution is -2.04. The molecule has 0 spiro atoms. The molecule has 1 aromatic carbocycles. The number of aromatic hydroxyl groups is 1. The average Bonchev–Trinajstić information content (AvgIpc) is 2.92. The van der Waals surface area contributed by atoms with E-state index in [0.717, 1.165) is 11.1 Å². The van der Waals surface area contributed by atoms with Crippen LogP contribution >= 0.6 is 0 Å². The summed E-state index contributed by atoms with van der Waals surface area (Å²) in [6.45, 7) is 4.07. The Bertz CT molecular complexity index is 778. The molecule has 3 aromatic rings. The van der Waals surface area contributed by atoms with Crippen molar-refractivity contribution in [3.05, 3.63) is 41.6 Å². The maximum Gasteiger partial charge on any atom is 0.202 e. The molecule has 0 radical (unpaired) electrons. The van der Waals surface area contributed by atoms with E-state index in [0.29, 0.717) is 23.3 Å². The molecule has 0 bridgehead atoms. The molecule has 0 atom stereocenters. The van der Waals surface area contributed by atoms with Gasteiger partial charge in [0.25, 0.3) is 0 Å². The SMILES string of the molecule is CC(C)c1cc(CCO)cc(-n2nc3cccnc3n2)c1O. The Balaban J connectivity index is 2.19. The zero-order chi connectivity index (χ0) is 15.7. The number of fused-ring (bicyclic) bond motifs is 1. The predicted octanol–water partition coefficient (Wildman–Crippen LogP) is 2.18. The number of phenols is 1. The van der Waals surface area contributed by atoms with Gasteiger partial charge in [-0.05, 0) is 41.7 Å². The number of hydrogen-bond donors (Lipinski definition) is 2. The van der Waals surface area contributed by atoms with Gasteiger partial charge in [-0.1, -0.05) is 19.9 Å². The molecule has 6 nitrogen and oxygen atoms in total. The summed E-state index contributed by atoms with van der Waals surface area (Å²) in [5.74, 6) is 0.317. The van der Waals surface area contributed by atoms with Crippen molar-refractivity contribution in [1.82, 2.24) is 20.0 Å². The van der Waals surface area contributed by atoms with E-state index < -0.39 is 0 Å². The van der Waals surface area contributed by atoms with E-state index in [9.17, 15) is 10.2 Å². The maximum absolute atomic E-state index is 10.5. The molecule has 6 heteroatoms. The fraction of sp³-hybridized carbons (Fsp3) is 0.312. The molecule has 2 aromatic heterocycles. The van der Waals surface area contributed by atoms with Gasteiger partial charge in [0, 0.05) is 12.8 Å². The maximum atomic E-state index is 10.5. The molecule has 0 saturated heterocycles. The smallest absolute Gasteiger partial charge is 0.202 e. The minimum Gasteiger partial charge on any atom is -0.505 e. The number of aliphatic hydroxyl groups excluding tert-OH is 1. The zero-order valence-corrected chi connectivity index (χ0v) is 12.6. The van der Waals surface area contributed by atoms with Crippen molar-refractivity contribution >= 4 is 11.2 Å². The first-order valence-electron chi connectivity index (χ1n) is 7.25. The molecule has 0 aliphatic rings. The molecule has 22 heavy (non-hydrogen) atoms. The number of aliphatic hydroxyl groups is 1. The van der Waals surface area contributed by atoms with Gasteiger partial charge in [0.2, 0.25) is 5.65 Å². The molecule has 2 N–H and O–H groups in total. The summed E-state index contributed by atoms with van der Waals surface area (Å²) < 4.78 is 0. The summed E-state index contributed by atoms with van der Waals surface area (Å²) in [4.78, 5) is 5.56. The first-order valence-corrected chi connectivity index (χ1v) is 7.25. The van der Waals surface area contributed by atoms with Gasteiger partial charge in [0.15, 0.2) is 0 Å². The molecule has 2 heterocycles. The van der Waals surface area contributed by atoms with E-state index >= 15 is 0 Å². The molecule has 0 saturated carbocycles. The number of benzene rings is 1. The van der Waals surface area contributed by atoms with E-state index in [4.69, 9.17) is 0 Å². The van der Waals surface area contributed by atoms with Gasteiger partial charge in [-0.3, -0.25) is 0 Å². The fourth-order valence-corrected chi connectivity index (χ4v) is 2.43. The average molecular weight is 298 g/mol. The molecule has 0 fully saturated rings. The number of aromatic nitrogens is 4. The number of pyridine rings is 1. The van der Waals surface area contributed by atoms with E-state index in [1.165, 1.54) is 4.80 Å². The Morgan fingerprint density at radius 3 is 2.73 bits per heavy atom. The van der Waals surface area contributed by atoms with Crippen LogP contribution in [-0.4, -0.2) is 36.8 Å². The molecule has 114 valence electrons. The van der Waals surface area contributed by atoms with Crippen LogP contribution in [0.1, 0.15) is 30.9 Å². The highest BCUT2D eigenvalue weighted by Crippen LogP contribution is 2.33. The van der Waals surface area contributed by atoms with Crippen molar-refractivity contribution in [3.63, 3.8) is 0 Å². The van der Waals surface area contributed by atoms with E-state index in [2.05, 4.69) is 15.2 Å². The molecule has 3 rings (SSSR count). The summed E-state index contributed by atoms with van der Waals surface area (Å²) in [7, 11) is 0. The first-order chi connectivity index (χ1) is 10.6. The highest BCUT2D eigenvalue weighted by atomic mass is 16.3. The second kappa shape index (κ2) is 5.73. The van der Waals surface area contributed by atoms with Crippen molar-refractivity contribution in [2.24, 2.45) is 0 Å². The van der Waals surface area contributed by atoms with Gasteiger partial charge in [0.1, 0.15) is 17.0 Å². The van der Waals surface area contributed by atoms with Crippen molar-refractivity contribution < 1.29 is 10.2 Å². The Labute approximate surface area is 128 Å². The van der Waals surface area contributed by atoms with Gasteiger partial charge in [-0.15, -0.1) is 15.0 Å². The van der Waals surface area contributed by atoms with E-state index in [-0.39, 0.29) is 18.3 Å². The summed E-state index contributed by atoms with van der Waals surface area (Å²) >= 11 is 0. The van der Waals surface area contributed by atoms with Crippen LogP contribution in [0.25, 0.3) is 16.9 Å². The summed E-state index contributed by atoms with van der Waals surface area (Å²) in [6, 6.07) is 7.34.